The summed E-state index contributed by atoms with van der Waals surface area (Å²) in [5.41, 5.74) is 0.0101. The molecule has 2 aliphatic heterocycles. The van der Waals surface area contributed by atoms with Crippen molar-refractivity contribution in [2.45, 2.75) is 44.2 Å². The number of fused-ring (bicyclic) bond motifs is 4. The lowest BCUT2D eigenvalue weighted by atomic mass is 9.95. The summed E-state index contributed by atoms with van der Waals surface area (Å²) in [6, 6.07) is 12.0. The van der Waals surface area contributed by atoms with Gasteiger partial charge in [0.15, 0.2) is 5.82 Å². The lowest BCUT2D eigenvalue weighted by molar-refractivity contribution is 0.183. The van der Waals surface area contributed by atoms with Crippen molar-refractivity contribution in [3.63, 3.8) is 0 Å². The highest BCUT2D eigenvalue weighted by atomic mass is 19.1. The molecule has 2 bridgehead atoms. The highest BCUT2D eigenvalue weighted by molar-refractivity contribution is 6.01. The minimum absolute atomic E-state index is 0.0160. The molecule has 0 radical (unpaired) electrons. The van der Waals surface area contributed by atoms with E-state index in [9.17, 15) is 5.11 Å². The summed E-state index contributed by atoms with van der Waals surface area (Å²) in [6.07, 6.45) is 4.18. The maximum Gasteiger partial charge on any atom is 0.319 e. The predicted octanol–water partition coefficient (Wildman–Crippen LogP) is 5.49. The van der Waals surface area contributed by atoms with Crippen LogP contribution in [-0.4, -0.2) is 71.9 Å². The van der Waals surface area contributed by atoms with Crippen molar-refractivity contribution in [1.82, 2.24) is 20.2 Å². The van der Waals surface area contributed by atoms with Gasteiger partial charge in [0.2, 0.25) is 0 Å². The minimum atomic E-state index is -0.789. The molecule has 3 aliphatic rings. The number of rotatable bonds is 7. The number of hydrogen-bond acceptors (Lipinski definition) is 7. The fourth-order valence-corrected chi connectivity index (χ4v) is 6.93. The lowest BCUT2D eigenvalue weighted by Gasteiger charge is -2.40. The van der Waals surface area contributed by atoms with Crippen LogP contribution in [0, 0.1) is 17.0 Å². The molecular formula is C32H35F2N5O2. The number of aromatic nitrogens is 2. The number of nitrogens with one attached hydrogen (secondary N) is 1. The molecule has 0 unspecified atom stereocenters. The topological polar surface area (TPSA) is 73.8 Å². The van der Waals surface area contributed by atoms with E-state index in [1.54, 1.807) is 12.1 Å². The number of anilines is 1. The second kappa shape index (κ2) is 9.49. The van der Waals surface area contributed by atoms with E-state index in [4.69, 9.17) is 9.72 Å². The monoisotopic (exact) mass is 559 g/mol. The first kappa shape index (κ1) is 26.3. The van der Waals surface area contributed by atoms with E-state index in [1.807, 2.05) is 32.3 Å². The number of ether oxygens (including phenoxy) is 1. The molecule has 214 valence electrons. The van der Waals surface area contributed by atoms with Gasteiger partial charge in [-0.25, -0.2) is 8.78 Å². The minimum Gasteiger partial charge on any atom is -0.508 e. The Morgan fingerprint density at radius 2 is 1.90 bits per heavy atom. The van der Waals surface area contributed by atoms with Crippen LogP contribution in [0.3, 0.4) is 0 Å². The van der Waals surface area contributed by atoms with Gasteiger partial charge in [-0.2, -0.15) is 9.97 Å². The zero-order chi connectivity index (χ0) is 28.5. The summed E-state index contributed by atoms with van der Waals surface area (Å²) in [7, 11) is 4.08. The first-order chi connectivity index (χ1) is 19.6. The zero-order valence-electron chi connectivity index (χ0n) is 23.7. The fourth-order valence-electron chi connectivity index (χ4n) is 6.93. The van der Waals surface area contributed by atoms with Crippen LogP contribution in [0.4, 0.5) is 14.6 Å². The van der Waals surface area contributed by atoms with Crippen molar-refractivity contribution in [1.29, 1.82) is 0 Å². The quantitative estimate of drug-likeness (QED) is 0.310. The highest BCUT2D eigenvalue weighted by Gasteiger charge is 2.45. The van der Waals surface area contributed by atoms with Crippen LogP contribution < -0.4 is 15.0 Å². The Bertz CT molecular complexity index is 1670. The molecule has 1 aliphatic carbocycles. The summed E-state index contributed by atoms with van der Waals surface area (Å²) >= 11 is 0. The van der Waals surface area contributed by atoms with E-state index < -0.39 is 11.6 Å². The SMILES string of the molecule is CN(C)CC1(COc2nc(N3C[C@H]4CC[C@](C)(C3)N4)c3cc(F)c(-c4cc(O)cc5ccccc45)c(F)c3n2)CC1. The standard InChI is InChI=1S/C32H35F2N5O2/c1-31-9-8-20(37-31)15-39(16-31)29-24-14-25(33)26(23-13-21(40)12-19-6-4-5-7-22(19)23)27(34)28(24)35-30(36-29)41-18-32(10-11-32)17-38(2)3/h4-7,12-14,20,37,40H,8-11,15-18H2,1-3H3/t20-,31-/m1/s1. The molecule has 41 heavy (non-hydrogen) atoms. The first-order valence-electron chi connectivity index (χ1n) is 14.3. The Morgan fingerprint density at radius 1 is 1.10 bits per heavy atom. The number of nitrogens with zero attached hydrogens (tertiary/aromatic N) is 4. The van der Waals surface area contributed by atoms with Gasteiger partial charge in [-0.1, -0.05) is 24.3 Å². The number of phenols is 1. The zero-order valence-corrected chi connectivity index (χ0v) is 23.7. The molecule has 4 aromatic rings. The molecule has 2 N–H and O–H groups in total. The van der Waals surface area contributed by atoms with Crippen molar-refractivity contribution in [3.8, 4) is 22.9 Å². The van der Waals surface area contributed by atoms with Gasteiger partial charge in [0, 0.05) is 42.0 Å². The van der Waals surface area contributed by atoms with Crippen LogP contribution in [0.2, 0.25) is 0 Å². The van der Waals surface area contributed by atoms with Crippen LogP contribution in [0.15, 0.2) is 42.5 Å². The number of phenolic OH excluding ortho intramolecular Hbond substituents is 1. The number of aromatic hydroxyl groups is 1. The van der Waals surface area contributed by atoms with Crippen LogP contribution in [0.25, 0.3) is 32.8 Å². The van der Waals surface area contributed by atoms with Gasteiger partial charge >= 0.3 is 6.01 Å². The molecule has 7 nitrogen and oxygen atoms in total. The largest absolute Gasteiger partial charge is 0.508 e. The van der Waals surface area contributed by atoms with Crippen molar-refractivity contribution in [2.24, 2.45) is 5.41 Å². The molecule has 7 rings (SSSR count). The van der Waals surface area contributed by atoms with Gasteiger partial charge in [-0.05, 0) is 81.2 Å². The second-order valence-electron chi connectivity index (χ2n) is 12.8. The second-order valence-corrected chi connectivity index (χ2v) is 12.8. The van der Waals surface area contributed by atoms with E-state index >= 15 is 8.78 Å². The average Bonchev–Trinajstić information content (AvgIpc) is 3.62. The Morgan fingerprint density at radius 3 is 2.66 bits per heavy atom. The highest BCUT2D eigenvalue weighted by Crippen LogP contribution is 2.46. The van der Waals surface area contributed by atoms with Gasteiger partial charge < -0.3 is 25.0 Å². The molecule has 2 saturated heterocycles. The Balaban J connectivity index is 1.38. The maximum atomic E-state index is 16.6. The predicted molar refractivity (Wildman–Crippen MR) is 157 cm³/mol. The average molecular weight is 560 g/mol. The number of hydrogen-bond donors (Lipinski definition) is 2. The molecule has 3 heterocycles. The van der Waals surface area contributed by atoms with E-state index in [1.165, 1.54) is 12.1 Å². The summed E-state index contributed by atoms with van der Waals surface area (Å²) in [6.45, 7) is 4.87. The Hall–Kier alpha value is -3.56. The summed E-state index contributed by atoms with van der Waals surface area (Å²) < 4.78 is 38.8. The van der Waals surface area contributed by atoms with E-state index in [0.717, 1.165) is 32.2 Å². The molecule has 9 heteroatoms. The van der Waals surface area contributed by atoms with E-state index in [-0.39, 0.29) is 45.4 Å². The van der Waals surface area contributed by atoms with Gasteiger partial charge in [0.1, 0.15) is 22.9 Å². The van der Waals surface area contributed by atoms with Gasteiger partial charge in [0.25, 0.3) is 0 Å². The Labute approximate surface area is 238 Å². The summed E-state index contributed by atoms with van der Waals surface area (Å²) in [4.78, 5) is 13.6. The molecule has 3 fully saturated rings. The van der Waals surface area contributed by atoms with Gasteiger partial charge in [0.05, 0.1) is 12.2 Å². The first-order valence-corrected chi connectivity index (χ1v) is 14.3. The lowest BCUT2D eigenvalue weighted by Crippen LogP contribution is -2.58. The summed E-state index contributed by atoms with van der Waals surface area (Å²) in [5.74, 6) is -1.09. The number of halogens is 2. The molecule has 3 aromatic carbocycles. The van der Waals surface area contributed by atoms with Crippen LogP contribution in [0.1, 0.15) is 32.6 Å². The molecule has 0 amide bonds. The van der Waals surface area contributed by atoms with Crippen molar-refractivity contribution < 1.29 is 18.6 Å². The number of piperazine rings is 1. The molecule has 2 atom stereocenters. The molecule has 1 saturated carbocycles. The van der Waals surface area contributed by atoms with Crippen LogP contribution in [0.5, 0.6) is 11.8 Å². The Kier molecular flexibility index (Phi) is 6.10. The van der Waals surface area contributed by atoms with Gasteiger partial charge in [-0.15, -0.1) is 0 Å². The van der Waals surface area contributed by atoms with Crippen molar-refractivity contribution >= 4 is 27.5 Å². The molecular weight excluding hydrogens is 524 g/mol. The van der Waals surface area contributed by atoms with Gasteiger partial charge in [-0.3, -0.25) is 0 Å². The maximum absolute atomic E-state index is 16.6. The third-order valence-corrected chi connectivity index (χ3v) is 8.95. The van der Waals surface area contributed by atoms with Crippen molar-refractivity contribution in [2.75, 3.05) is 45.2 Å². The van der Waals surface area contributed by atoms with E-state index in [2.05, 4.69) is 27.0 Å². The molecule has 0 spiro atoms. The summed E-state index contributed by atoms with van der Waals surface area (Å²) in [5, 5.41) is 15.7. The van der Waals surface area contributed by atoms with Crippen LogP contribution in [-0.2, 0) is 0 Å². The van der Waals surface area contributed by atoms with Crippen molar-refractivity contribution in [3.05, 3.63) is 54.1 Å². The third kappa shape index (κ3) is 4.75. The smallest absolute Gasteiger partial charge is 0.319 e. The van der Waals surface area contributed by atoms with E-state index in [0.29, 0.717) is 41.7 Å². The normalized spacial score (nSPS) is 23.1. The fraction of sp³-hybridized carbons (Fsp3) is 0.438. The molecule has 1 aromatic heterocycles. The number of benzene rings is 3. The third-order valence-electron chi connectivity index (χ3n) is 8.95. The van der Waals surface area contributed by atoms with Crippen LogP contribution >= 0.6 is 0 Å².